The number of hydrogen-bond donors (Lipinski definition) is 0. The van der Waals surface area contributed by atoms with Crippen molar-refractivity contribution in [2.45, 2.75) is 20.8 Å². The van der Waals surface area contributed by atoms with Crippen molar-refractivity contribution in [3.63, 3.8) is 0 Å². The highest BCUT2D eigenvalue weighted by atomic mass is 79.9. The Morgan fingerprint density at radius 3 is 2.63 bits per heavy atom. The number of benzene rings is 2. The van der Waals surface area contributed by atoms with Crippen LogP contribution in [0.4, 0.5) is 0 Å². The summed E-state index contributed by atoms with van der Waals surface area (Å²) in [7, 11) is 0. The van der Waals surface area contributed by atoms with Gasteiger partial charge in [-0.05, 0) is 70.7 Å². The smallest absolute Gasteiger partial charge is 0.308 e. The second-order valence-corrected chi connectivity index (χ2v) is 8.11. The first-order chi connectivity index (χ1) is 12.8. The maximum Gasteiger partial charge on any atom is 0.308 e. The molecule has 0 aliphatic heterocycles. The minimum absolute atomic E-state index is 0.0864. The van der Waals surface area contributed by atoms with Crippen LogP contribution in [0.5, 0.6) is 5.75 Å². The van der Waals surface area contributed by atoms with Crippen molar-refractivity contribution in [2.75, 3.05) is 0 Å². The number of hydrogen-bond acceptors (Lipinski definition) is 5. The summed E-state index contributed by atoms with van der Waals surface area (Å²) >= 11 is 4.96. The Labute approximate surface area is 167 Å². The van der Waals surface area contributed by atoms with E-state index in [1.165, 1.54) is 18.3 Å². The van der Waals surface area contributed by atoms with Gasteiger partial charge in [-0.3, -0.25) is 9.59 Å². The van der Waals surface area contributed by atoms with Crippen molar-refractivity contribution in [3.8, 4) is 5.75 Å². The molecule has 0 atom stereocenters. The summed E-state index contributed by atoms with van der Waals surface area (Å²) in [5, 5.41) is 0. The lowest BCUT2D eigenvalue weighted by atomic mass is 10.1. The van der Waals surface area contributed by atoms with Crippen molar-refractivity contribution in [2.24, 2.45) is 0 Å². The van der Waals surface area contributed by atoms with E-state index in [4.69, 9.17) is 4.74 Å². The average Bonchev–Trinajstić information content (AvgIpc) is 3.12. The van der Waals surface area contributed by atoms with Crippen LogP contribution in [-0.2, 0) is 4.79 Å². The Morgan fingerprint density at radius 2 is 1.96 bits per heavy atom. The summed E-state index contributed by atoms with van der Waals surface area (Å²) in [5.74, 6) is 0.112. The van der Waals surface area contributed by atoms with Crippen LogP contribution in [0.25, 0.3) is 22.1 Å². The van der Waals surface area contributed by atoms with Gasteiger partial charge < -0.3 is 4.74 Å². The third kappa shape index (κ3) is 3.07. The highest BCUT2D eigenvalue weighted by Gasteiger charge is 2.15. The number of ether oxygens (including phenoxy) is 1. The zero-order chi connectivity index (χ0) is 19.3. The number of halogens is 1. The fourth-order valence-corrected chi connectivity index (χ4v) is 4.51. The minimum atomic E-state index is -0.364. The Kier molecular flexibility index (Phi) is 4.36. The van der Waals surface area contributed by atoms with Gasteiger partial charge in [-0.25, -0.2) is 9.38 Å². The Morgan fingerprint density at radius 1 is 1.26 bits per heavy atom. The third-order valence-corrected chi connectivity index (χ3v) is 6.36. The fraction of sp³-hybridized carbons (Fsp3) is 0.150. The van der Waals surface area contributed by atoms with Gasteiger partial charge in [-0.15, -0.1) is 0 Å². The van der Waals surface area contributed by atoms with Crippen LogP contribution in [0, 0.1) is 13.8 Å². The molecule has 0 saturated carbocycles. The molecule has 0 aliphatic carbocycles. The van der Waals surface area contributed by atoms with Crippen LogP contribution >= 0.6 is 27.3 Å². The van der Waals surface area contributed by atoms with Crippen molar-refractivity contribution in [3.05, 3.63) is 66.4 Å². The highest BCUT2D eigenvalue weighted by molar-refractivity contribution is 9.10. The second-order valence-electron chi connectivity index (χ2n) is 6.31. The van der Waals surface area contributed by atoms with Gasteiger partial charge in [-0.2, -0.15) is 0 Å². The first kappa shape index (κ1) is 17.9. The normalized spacial score (nSPS) is 12.2. The molecule has 27 heavy (non-hydrogen) atoms. The molecule has 0 fully saturated rings. The lowest BCUT2D eigenvalue weighted by Gasteiger charge is -2.03. The summed E-state index contributed by atoms with van der Waals surface area (Å²) < 4.78 is 8.23. The molecular formula is C20H15BrN2O3S. The SMILES string of the molecule is CC(=O)Oc1ccc(C=c2sc3nc4c(Br)c(C)c(C)cc4n3c2=O)cc1. The van der Waals surface area contributed by atoms with Crippen LogP contribution in [0.3, 0.4) is 0 Å². The van der Waals surface area contributed by atoms with Gasteiger partial charge in [0.1, 0.15) is 11.3 Å². The van der Waals surface area contributed by atoms with E-state index in [9.17, 15) is 9.59 Å². The first-order valence-electron chi connectivity index (χ1n) is 8.26. The molecule has 0 spiro atoms. The number of rotatable bonds is 2. The molecule has 2 heterocycles. The molecule has 4 aromatic rings. The van der Waals surface area contributed by atoms with Gasteiger partial charge in [0.15, 0.2) is 4.96 Å². The Bertz CT molecular complexity index is 1320. The minimum Gasteiger partial charge on any atom is -0.427 e. The number of thiazole rings is 1. The molecule has 5 nitrogen and oxygen atoms in total. The Balaban J connectivity index is 1.86. The molecule has 0 aliphatic rings. The predicted molar refractivity (Wildman–Crippen MR) is 111 cm³/mol. The van der Waals surface area contributed by atoms with Gasteiger partial charge >= 0.3 is 5.97 Å². The van der Waals surface area contributed by atoms with Crippen molar-refractivity contribution >= 4 is 55.3 Å². The van der Waals surface area contributed by atoms with E-state index in [1.807, 2.05) is 38.1 Å². The standard InChI is InChI=1S/C20H15BrN2O3S/c1-10-8-15-18(17(21)11(10)2)22-20-23(15)19(25)16(27-20)9-13-4-6-14(7-5-13)26-12(3)24/h4-9H,1-3H3. The Hall–Kier alpha value is -2.51. The van der Waals surface area contributed by atoms with Crippen LogP contribution < -0.4 is 14.8 Å². The van der Waals surface area contributed by atoms with E-state index in [0.717, 1.165) is 32.2 Å². The summed E-state index contributed by atoms with van der Waals surface area (Å²) in [6.45, 7) is 5.41. The molecular weight excluding hydrogens is 428 g/mol. The lowest BCUT2D eigenvalue weighted by molar-refractivity contribution is -0.131. The largest absolute Gasteiger partial charge is 0.427 e. The predicted octanol–water partition coefficient (Wildman–Crippen LogP) is 3.76. The van der Waals surface area contributed by atoms with Crippen LogP contribution in [0.15, 0.2) is 39.6 Å². The molecule has 0 radical (unpaired) electrons. The van der Waals surface area contributed by atoms with E-state index in [2.05, 4.69) is 20.9 Å². The summed E-state index contributed by atoms with van der Waals surface area (Å²) in [4.78, 5) is 29.3. The molecule has 2 aromatic carbocycles. The molecule has 0 unspecified atom stereocenters. The molecule has 0 bridgehead atoms. The molecule has 0 amide bonds. The van der Waals surface area contributed by atoms with Gasteiger partial charge in [-0.1, -0.05) is 23.5 Å². The van der Waals surface area contributed by atoms with E-state index in [-0.39, 0.29) is 11.5 Å². The maximum atomic E-state index is 12.9. The van der Waals surface area contributed by atoms with E-state index >= 15 is 0 Å². The zero-order valence-corrected chi connectivity index (χ0v) is 17.3. The number of aryl methyl sites for hydroxylation is 1. The van der Waals surface area contributed by atoms with Gasteiger partial charge in [0, 0.05) is 11.4 Å². The van der Waals surface area contributed by atoms with Gasteiger partial charge in [0.05, 0.1) is 10.0 Å². The number of esters is 1. The number of carbonyl (C=O) groups is 1. The van der Waals surface area contributed by atoms with Crippen LogP contribution in [-0.4, -0.2) is 15.4 Å². The van der Waals surface area contributed by atoms with Crippen molar-refractivity contribution < 1.29 is 9.53 Å². The number of aromatic nitrogens is 2. The lowest BCUT2D eigenvalue weighted by Crippen LogP contribution is -2.22. The number of nitrogens with zero attached hydrogens (tertiary/aromatic N) is 2. The van der Waals surface area contributed by atoms with Crippen LogP contribution in [0.1, 0.15) is 23.6 Å². The average molecular weight is 443 g/mol. The molecule has 7 heteroatoms. The van der Waals surface area contributed by atoms with Crippen molar-refractivity contribution in [1.82, 2.24) is 9.38 Å². The summed E-state index contributed by atoms with van der Waals surface area (Å²) in [6.07, 6.45) is 1.82. The quantitative estimate of drug-likeness (QED) is 0.350. The van der Waals surface area contributed by atoms with E-state index in [1.54, 1.807) is 16.5 Å². The van der Waals surface area contributed by atoms with Gasteiger partial charge in [0.25, 0.3) is 5.56 Å². The monoisotopic (exact) mass is 442 g/mol. The molecule has 0 saturated heterocycles. The molecule has 136 valence electrons. The summed E-state index contributed by atoms with van der Waals surface area (Å²) in [5.41, 5.74) is 4.61. The number of imidazole rings is 1. The highest BCUT2D eigenvalue weighted by Crippen LogP contribution is 2.30. The molecule has 4 rings (SSSR count). The fourth-order valence-electron chi connectivity index (χ4n) is 2.93. The third-order valence-electron chi connectivity index (χ3n) is 4.42. The zero-order valence-electron chi connectivity index (χ0n) is 14.9. The topological polar surface area (TPSA) is 60.7 Å². The first-order valence-corrected chi connectivity index (χ1v) is 9.87. The summed E-state index contributed by atoms with van der Waals surface area (Å²) in [6, 6.07) is 9.02. The maximum absolute atomic E-state index is 12.9. The van der Waals surface area contributed by atoms with E-state index < -0.39 is 0 Å². The van der Waals surface area contributed by atoms with Gasteiger partial charge in [0.2, 0.25) is 0 Å². The van der Waals surface area contributed by atoms with E-state index in [0.29, 0.717) is 15.2 Å². The molecule has 0 N–H and O–H groups in total. The molecule has 2 aromatic heterocycles. The van der Waals surface area contributed by atoms with Crippen LogP contribution in [0.2, 0.25) is 0 Å². The second kappa shape index (κ2) is 6.58. The van der Waals surface area contributed by atoms with Crippen molar-refractivity contribution in [1.29, 1.82) is 0 Å². The number of fused-ring (bicyclic) bond motifs is 3. The number of carbonyl (C=O) groups excluding carboxylic acids is 1.